The van der Waals surface area contributed by atoms with Gasteiger partial charge in [0, 0.05) is 35.2 Å². The van der Waals surface area contributed by atoms with Crippen molar-refractivity contribution in [3.63, 3.8) is 0 Å². The van der Waals surface area contributed by atoms with E-state index >= 15 is 0 Å². The molecule has 0 radical (unpaired) electrons. The van der Waals surface area contributed by atoms with E-state index < -0.39 is 11.6 Å². The van der Waals surface area contributed by atoms with Gasteiger partial charge in [0.2, 0.25) is 0 Å². The molecule has 2 heterocycles. The second kappa shape index (κ2) is 8.05. The Bertz CT molecular complexity index is 1050. The molecule has 0 bridgehead atoms. The first-order valence-corrected chi connectivity index (χ1v) is 11.1. The van der Waals surface area contributed by atoms with E-state index in [0.29, 0.717) is 22.5 Å². The molecule has 2 aromatic rings. The molecule has 8 heteroatoms. The van der Waals surface area contributed by atoms with Gasteiger partial charge in [-0.2, -0.15) is 18.3 Å². The van der Waals surface area contributed by atoms with Gasteiger partial charge in [-0.05, 0) is 71.2 Å². The van der Waals surface area contributed by atoms with Crippen molar-refractivity contribution in [2.75, 3.05) is 0 Å². The topological polar surface area (TPSA) is 57.6 Å². The summed E-state index contributed by atoms with van der Waals surface area (Å²) in [5, 5.41) is 10.4. The van der Waals surface area contributed by atoms with E-state index in [4.69, 9.17) is 0 Å². The van der Waals surface area contributed by atoms with Crippen LogP contribution in [0.15, 0.2) is 35.4 Å². The molecule has 2 aliphatic rings. The van der Waals surface area contributed by atoms with Crippen molar-refractivity contribution in [1.82, 2.24) is 15.3 Å². The number of benzene rings is 1. The van der Waals surface area contributed by atoms with Gasteiger partial charge < -0.3 is 5.32 Å². The van der Waals surface area contributed by atoms with Crippen LogP contribution in [-0.4, -0.2) is 46.4 Å². The highest BCUT2D eigenvalue weighted by atomic mass is 19.4. The lowest BCUT2D eigenvalue weighted by atomic mass is 9.87. The van der Waals surface area contributed by atoms with E-state index in [0.717, 1.165) is 13.8 Å². The number of hydrogen-bond acceptors (Lipinski definition) is 4. The van der Waals surface area contributed by atoms with Crippen molar-refractivity contribution in [3.8, 4) is 0 Å². The van der Waals surface area contributed by atoms with E-state index in [1.165, 1.54) is 25.3 Å². The van der Waals surface area contributed by atoms with Gasteiger partial charge in [0.05, 0.1) is 17.3 Å². The van der Waals surface area contributed by atoms with E-state index in [1.54, 1.807) is 24.3 Å². The van der Waals surface area contributed by atoms with Gasteiger partial charge in [-0.3, -0.25) is 14.8 Å². The van der Waals surface area contributed by atoms with Crippen LogP contribution in [-0.2, 0) is 5.41 Å². The van der Waals surface area contributed by atoms with Crippen LogP contribution >= 0.6 is 0 Å². The average Bonchev–Trinajstić information content (AvgIpc) is 3.06. The van der Waals surface area contributed by atoms with Gasteiger partial charge in [0.1, 0.15) is 5.41 Å². The zero-order chi connectivity index (χ0) is 23.3. The Labute approximate surface area is 186 Å². The zero-order valence-electron chi connectivity index (χ0n) is 18.8. The molecule has 0 spiro atoms. The lowest BCUT2D eigenvalue weighted by Crippen LogP contribution is -2.47. The molecule has 1 aromatic carbocycles. The number of amides is 1. The van der Waals surface area contributed by atoms with Crippen molar-refractivity contribution in [3.05, 3.63) is 41.6 Å². The van der Waals surface area contributed by atoms with Crippen LogP contribution in [0.2, 0.25) is 0 Å². The highest BCUT2D eigenvalue weighted by Gasteiger charge is 2.49. The minimum atomic E-state index is -4.40. The van der Waals surface area contributed by atoms with E-state index in [1.807, 2.05) is 13.1 Å². The van der Waals surface area contributed by atoms with Crippen molar-refractivity contribution in [2.45, 2.75) is 76.7 Å². The minimum absolute atomic E-state index is 0.0474. The SMILES string of the molecule is CC(NC(=O)c1ccc2nc(C(C)(C)C(F)(F)F)ccc2c1)C1C=NN(C2CCC2)C1C. The number of fused-ring (bicyclic) bond motifs is 1. The predicted molar refractivity (Wildman–Crippen MR) is 119 cm³/mol. The van der Waals surface area contributed by atoms with Crippen LogP contribution in [0.4, 0.5) is 13.2 Å². The van der Waals surface area contributed by atoms with E-state index in [-0.39, 0.29) is 29.6 Å². The second-order valence-corrected chi connectivity index (χ2v) is 9.54. The second-order valence-electron chi connectivity index (χ2n) is 9.54. The Kier molecular flexibility index (Phi) is 5.67. The van der Waals surface area contributed by atoms with Crippen molar-refractivity contribution in [1.29, 1.82) is 0 Å². The molecule has 3 unspecified atom stereocenters. The van der Waals surface area contributed by atoms with Gasteiger partial charge >= 0.3 is 6.18 Å². The van der Waals surface area contributed by atoms with Crippen molar-refractivity contribution in [2.24, 2.45) is 11.0 Å². The Morgan fingerprint density at radius 1 is 1.19 bits per heavy atom. The first-order valence-electron chi connectivity index (χ1n) is 11.1. The molecule has 0 saturated heterocycles. The third-order valence-corrected chi connectivity index (χ3v) is 7.03. The number of rotatable bonds is 5. The molecule has 5 nitrogen and oxygen atoms in total. The molecule has 32 heavy (non-hydrogen) atoms. The minimum Gasteiger partial charge on any atom is -0.349 e. The van der Waals surface area contributed by atoms with Gasteiger partial charge in [0.15, 0.2) is 0 Å². The molecular weight excluding hydrogens is 417 g/mol. The maximum absolute atomic E-state index is 13.4. The summed E-state index contributed by atoms with van der Waals surface area (Å²) in [6, 6.07) is 8.48. The number of alkyl halides is 3. The molecule has 3 atom stereocenters. The monoisotopic (exact) mass is 446 g/mol. The lowest BCUT2D eigenvalue weighted by molar-refractivity contribution is -0.181. The van der Waals surface area contributed by atoms with Crippen LogP contribution in [0.3, 0.4) is 0 Å². The smallest absolute Gasteiger partial charge is 0.349 e. The Hall–Kier alpha value is -2.64. The standard InChI is InChI=1S/C24H29F3N4O/c1-14(19-13-28-31(15(19)2)18-6-5-7-18)29-22(32)17-8-10-20-16(12-17)9-11-21(30-20)23(3,4)24(25,26)27/h8-15,18-19H,5-7H2,1-4H3,(H,29,32). The fourth-order valence-corrected chi connectivity index (χ4v) is 4.33. The van der Waals surface area contributed by atoms with E-state index in [2.05, 4.69) is 27.3 Å². The fraction of sp³-hybridized carbons (Fsp3) is 0.542. The molecule has 1 N–H and O–H groups in total. The Morgan fingerprint density at radius 3 is 2.53 bits per heavy atom. The van der Waals surface area contributed by atoms with Crippen molar-refractivity contribution < 1.29 is 18.0 Å². The van der Waals surface area contributed by atoms with Crippen LogP contribution in [0.5, 0.6) is 0 Å². The van der Waals surface area contributed by atoms with E-state index in [9.17, 15) is 18.0 Å². The molecular formula is C24H29F3N4O. The molecule has 4 rings (SSSR count). The van der Waals surface area contributed by atoms with Crippen LogP contribution < -0.4 is 5.32 Å². The summed E-state index contributed by atoms with van der Waals surface area (Å²) < 4.78 is 40.1. The largest absolute Gasteiger partial charge is 0.399 e. The summed E-state index contributed by atoms with van der Waals surface area (Å²) in [7, 11) is 0. The number of nitrogens with zero attached hydrogens (tertiary/aromatic N) is 3. The molecule has 1 aromatic heterocycles. The van der Waals surface area contributed by atoms with Gasteiger partial charge in [-0.1, -0.05) is 6.07 Å². The molecule has 1 amide bonds. The summed E-state index contributed by atoms with van der Waals surface area (Å²) in [4.78, 5) is 17.1. The quantitative estimate of drug-likeness (QED) is 0.699. The Morgan fingerprint density at radius 2 is 1.91 bits per heavy atom. The number of carbonyl (C=O) groups excluding carboxylic acids is 1. The first-order chi connectivity index (χ1) is 15.0. The number of hydrogen-bond donors (Lipinski definition) is 1. The maximum Gasteiger partial charge on any atom is 0.399 e. The molecule has 172 valence electrons. The number of aromatic nitrogens is 1. The number of carbonyl (C=O) groups is 1. The predicted octanol–water partition coefficient (Wildman–Crippen LogP) is 5.05. The van der Waals surface area contributed by atoms with Crippen LogP contribution in [0.25, 0.3) is 10.9 Å². The molecule has 1 saturated carbocycles. The summed E-state index contributed by atoms with van der Waals surface area (Å²) in [5.41, 5.74) is -1.22. The lowest BCUT2D eigenvalue weighted by Gasteiger charge is -2.38. The first kappa shape index (κ1) is 22.6. The molecule has 1 aliphatic heterocycles. The molecule has 1 aliphatic carbocycles. The maximum atomic E-state index is 13.4. The number of pyridine rings is 1. The van der Waals surface area contributed by atoms with Crippen LogP contribution in [0.1, 0.15) is 63.0 Å². The van der Waals surface area contributed by atoms with Crippen molar-refractivity contribution >= 4 is 23.0 Å². The normalized spacial score (nSPS) is 22.8. The third kappa shape index (κ3) is 3.95. The Balaban J connectivity index is 1.47. The van der Waals surface area contributed by atoms with Gasteiger partial charge in [0.25, 0.3) is 5.91 Å². The fourth-order valence-electron chi connectivity index (χ4n) is 4.33. The highest BCUT2D eigenvalue weighted by molar-refractivity contribution is 5.98. The van der Waals surface area contributed by atoms with Crippen LogP contribution in [0, 0.1) is 5.92 Å². The summed E-state index contributed by atoms with van der Waals surface area (Å²) in [6.45, 7) is 6.34. The van der Waals surface area contributed by atoms with Gasteiger partial charge in [-0.15, -0.1) is 0 Å². The third-order valence-electron chi connectivity index (χ3n) is 7.03. The number of halogens is 3. The summed E-state index contributed by atoms with van der Waals surface area (Å²) in [6.07, 6.45) is 1.11. The summed E-state index contributed by atoms with van der Waals surface area (Å²) in [5.74, 6) is -0.101. The number of hydrazone groups is 1. The summed E-state index contributed by atoms with van der Waals surface area (Å²) >= 11 is 0. The van der Waals surface area contributed by atoms with Gasteiger partial charge in [-0.25, -0.2) is 0 Å². The highest BCUT2D eigenvalue weighted by Crippen LogP contribution is 2.40. The zero-order valence-corrected chi connectivity index (χ0v) is 18.8. The average molecular weight is 447 g/mol. The molecule has 1 fully saturated rings. The number of nitrogens with one attached hydrogen (secondary N) is 1.